The highest BCUT2D eigenvalue weighted by atomic mass is 127. The van der Waals surface area contributed by atoms with E-state index >= 15 is 0 Å². The number of carbonyl (C=O) groups is 2. The molecule has 0 bridgehead atoms. The maximum Gasteiger partial charge on any atom is 0.407 e. The van der Waals surface area contributed by atoms with Gasteiger partial charge in [-0.2, -0.15) is 5.10 Å². The van der Waals surface area contributed by atoms with Crippen molar-refractivity contribution in [2.24, 2.45) is 0 Å². The Labute approximate surface area is 130 Å². The van der Waals surface area contributed by atoms with E-state index < -0.39 is 17.7 Å². The second kappa shape index (κ2) is 6.42. The molecule has 2 N–H and O–H groups in total. The van der Waals surface area contributed by atoms with Crippen molar-refractivity contribution in [1.82, 2.24) is 15.1 Å². The Kier molecular flexibility index (Phi) is 5.37. The molecule has 0 radical (unpaired) electrons. The lowest BCUT2D eigenvalue weighted by molar-refractivity contribution is 0.0520. The zero-order valence-corrected chi connectivity index (χ0v) is 14.0. The monoisotopic (exact) mass is 395 g/mol. The molecule has 1 amide bonds. The molecule has 1 rings (SSSR count). The van der Waals surface area contributed by atoms with Crippen molar-refractivity contribution < 1.29 is 19.4 Å². The Morgan fingerprint density at radius 2 is 2.15 bits per heavy atom. The van der Waals surface area contributed by atoms with Crippen molar-refractivity contribution in [3.63, 3.8) is 0 Å². The van der Waals surface area contributed by atoms with Gasteiger partial charge in [-0.3, -0.25) is 4.68 Å². The van der Waals surface area contributed by atoms with Crippen LogP contribution in [-0.4, -0.2) is 39.1 Å². The van der Waals surface area contributed by atoms with Crippen molar-refractivity contribution in [3.8, 4) is 0 Å². The molecular weight excluding hydrogens is 377 g/mol. The number of ether oxygens (including phenoxy) is 1. The number of carbonyl (C=O) groups excluding carboxylic acids is 1. The number of halogens is 1. The fourth-order valence-corrected chi connectivity index (χ4v) is 2.11. The molecule has 0 aliphatic rings. The molecule has 0 aliphatic heterocycles. The van der Waals surface area contributed by atoms with E-state index in [4.69, 9.17) is 9.84 Å². The number of nitrogens with one attached hydrogen (secondary N) is 1. The topological polar surface area (TPSA) is 93.5 Å². The summed E-state index contributed by atoms with van der Waals surface area (Å²) in [5.74, 6) is -1.05. The molecule has 112 valence electrons. The first-order chi connectivity index (χ1) is 9.11. The Balaban J connectivity index is 2.66. The predicted molar refractivity (Wildman–Crippen MR) is 80.9 cm³/mol. The van der Waals surface area contributed by atoms with Crippen LogP contribution in [-0.2, 0) is 4.74 Å². The van der Waals surface area contributed by atoms with E-state index in [-0.39, 0.29) is 18.3 Å². The van der Waals surface area contributed by atoms with E-state index in [1.54, 1.807) is 27.7 Å². The quantitative estimate of drug-likeness (QED) is 0.763. The summed E-state index contributed by atoms with van der Waals surface area (Å²) in [6, 6.07) is -0.294. The Hall–Kier alpha value is -1.32. The smallest absolute Gasteiger partial charge is 0.407 e. The Morgan fingerprint density at radius 1 is 1.55 bits per heavy atom. The number of hydrogen-bond donors (Lipinski definition) is 2. The number of aromatic nitrogens is 2. The lowest BCUT2D eigenvalue weighted by atomic mass is 10.2. The zero-order valence-electron chi connectivity index (χ0n) is 11.8. The van der Waals surface area contributed by atoms with Gasteiger partial charge in [0.2, 0.25) is 0 Å². The average Bonchev–Trinajstić information content (AvgIpc) is 2.65. The molecular formula is C12H18IN3O4. The second-order valence-corrected chi connectivity index (χ2v) is 6.48. The highest BCUT2D eigenvalue weighted by Crippen LogP contribution is 2.16. The fraction of sp³-hybridized carbons (Fsp3) is 0.583. The second-order valence-electron chi connectivity index (χ2n) is 5.32. The normalized spacial score (nSPS) is 12.8. The number of aromatic carboxylic acids is 1. The number of amides is 1. The molecule has 0 aliphatic carbocycles. The SMILES string of the molecule is C[C@H](CNC(=O)OC(C)(C)C)n1ncc(I)c1C(=O)O. The maximum atomic E-state index is 11.5. The van der Waals surface area contributed by atoms with Gasteiger partial charge in [-0.05, 0) is 50.3 Å². The van der Waals surface area contributed by atoms with Gasteiger partial charge in [0.1, 0.15) is 5.60 Å². The van der Waals surface area contributed by atoms with Crippen LogP contribution < -0.4 is 5.32 Å². The minimum absolute atomic E-state index is 0.115. The highest BCUT2D eigenvalue weighted by molar-refractivity contribution is 14.1. The van der Waals surface area contributed by atoms with Gasteiger partial charge in [-0.1, -0.05) is 0 Å². The van der Waals surface area contributed by atoms with Crippen LogP contribution in [0.5, 0.6) is 0 Å². The van der Waals surface area contributed by atoms with Crippen LogP contribution in [0.4, 0.5) is 4.79 Å². The van der Waals surface area contributed by atoms with Gasteiger partial charge < -0.3 is 15.2 Å². The number of carboxylic acids is 1. The van der Waals surface area contributed by atoms with Crippen LogP contribution in [0.15, 0.2) is 6.20 Å². The van der Waals surface area contributed by atoms with Gasteiger partial charge in [0.25, 0.3) is 0 Å². The molecule has 0 aromatic carbocycles. The van der Waals surface area contributed by atoms with Crippen molar-refractivity contribution in [1.29, 1.82) is 0 Å². The van der Waals surface area contributed by atoms with E-state index in [2.05, 4.69) is 10.4 Å². The molecule has 0 unspecified atom stereocenters. The van der Waals surface area contributed by atoms with Crippen LogP contribution in [0.3, 0.4) is 0 Å². The lowest BCUT2D eigenvalue weighted by Crippen LogP contribution is -2.36. The van der Waals surface area contributed by atoms with Crippen molar-refractivity contribution in [2.75, 3.05) is 6.54 Å². The molecule has 0 saturated carbocycles. The van der Waals surface area contributed by atoms with E-state index in [1.165, 1.54) is 10.9 Å². The average molecular weight is 395 g/mol. The van der Waals surface area contributed by atoms with Gasteiger partial charge in [0, 0.05) is 6.54 Å². The lowest BCUT2D eigenvalue weighted by Gasteiger charge is -2.21. The molecule has 0 fully saturated rings. The first-order valence-corrected chi connectivity index (χ1v) is 7.13. The number of alkyl carbamates (subject to hydrolysis) is 1. The van der Waals surface area contributed by atoms with Gasteiger partial charge >= 0.3 is 12.1 Å². The summed E-state index contributed by atoms with van der Waals surface area (Å²) in [5.41, 5.74) is -0.454. The summed E-state index contributed by atoms with van der Waals surface area (Å²) in [5, 5.41) is 15.8. The van der Waals surface area contributed by atoms with Crippen molar-refractivity contribution >= 4 is 34.7 Å². The van der Waals surface area contributed by atoms with Crippen LogP contribution in [0.2, 0.25) is 0 Å². The first-order valence-electron chi connectivity index (χ1n) is 6.05. The third-order valence-electron chi connectivity index (χ3n) is 2.31. The van der Waals surface area contributed by atoms with E-state index in [0.29, 0.717) is 3.57 Å². The van der Waals surface area contributed by atoms with E-state index in [0.717, 1.165) is 0 Å². The Morgan fingerprint density at radius 3 is 2.65 bits per heavy atom. The maximum absolute atomic E-state index is 11.5. The molecule has 1 aromatic rings. The number of hydrogen-bond acceptors (Lipinski definition) is 4. The van der Waals surface area contributed by atoms with E-state index in [1.807, 2.05) is 22.6 Å². The summed E-state index contributed by atoms with van der Waals surface area (Å²) in [6.07, 6.45) is 0.941. The molecule has 8 heteroatoms. The summed E-state index contributed by atoms with van der Waals surface area (Å²) in [4.78, 5) is 22.7. The van der Waals surface area contributed by atoms with E-state index in [9.17, 15) is 9.59 Å². The predicted octanol–water partition coefficient (Wildman–Crippen LogP) is 2.27. The molecule has 0 spiro atoms. The fourth-order valence-electron chi connectivity index (χ4n) is 1.51. The van der Waals surface area contributed by atoms with Crippen LogP contribution in [0.25, 0.3) is 0 Å². The molecule has 1 heterocycles. The molecule has 0 saturated heterocycles. The van der Waals surface area contributed by atoms with Crippen LogP contribution in [0, 0.1) is 3.57 Å². The highest BCUT2D eigenvalue weighted by Gasteiger charge is 2.21. The summed E-state index contributed by atoms with van der Waals surface area (Å²) >= 11 is 1.91. The number of carboxylic acid groups (broad SMARTS) is 1. The molecule has 1 aromatic heterocycles. The minimum Gasteiger partial charge on any atom is -0.476 e. The van der Waals surface area contributed by atoms with Gasteiger partial charge in [0.15, 0.2) is 5.69 Å². The van der Waals surface area contributed by atoms with Crippen LogP contribution in [0.1, 0.15) is 44.2 Å². The largest absolute Gasteiger partial charge is 0.476 e. The summed E-state index contributed by atoms with van der Waals surface area (Å²) < 4.78 is 7.04. The number of rotatable bonds is 4. The number of nitrogens with zero attached hydrogens (tertiary/aromatic N) is 2. The molecule has 1 atom stereocenters. The zero-order chi connectivity index (χ0) is 15.5. The van der Waals surface area contributed by atoms with Crippen molar-refractivity contribution in [2.45, 2.75) is 39.3 Å². The third kappa shape index (κ3) is 4.66. The first kappa shape index (κ1) is 16.7. The van der Waals surface area contributed by atoms with Crippen molar-refractivity contribution in [3.05, 3.63) is 15.5 Å². The molecule has 7 nitrogen and oxygen atoms in total. The minimum atomic E-state index is -1.05. The summed E-state index contributed by atoms with van der Waals surface area (Å²) in [6.45, 7) is 7.32. The van der Waals surface area contributed by atoms with Crippen LogP contribution >= 0.6 is 22.6 Å². The summed E-state index contributed by atoms with van der Waals surface area (Å²) in [7, 11) is 0. The molecule has 20 heavy (non-hydrogen) atoms. The van der Waals surface area contributed by atoms with Gasteiger partial charge in [-0.25, -0.2) is 9.59 Å². The Bertz CT molecular complexity index is 507. The van der Waals surface area contributed by atoms with Gasteiger partial charge in [-0.15, -0.1) is 0 Å². The standard InChI is InChI=1S/C12H18IN3O4/c1-7(5-14-11(19)20-12(2,3)4)16-9(10(17)18)8(13)6-15-16/h6-7H,5H2,1-4H3,(H,14,19)(H,17,18)/t7-/m1/s1. The van der Waals surface area contributed by atoms with Gasteiger partial charge in [0.05, 0.1) is 15.8 Å². The third-order valence-corrected chi connectivity index (χ3v) is 3.10.